The van der Waals surface area contributed by atoms with Gasteiger partial charge in [0.2, 0.25) is 0 Å². The average Bonchev–Trinajstić information content (AvgIpc) is 3.02. The van der Waals surface area contributed by atoms with E-state index in [0.29, 0.717) is 19.7 Å². The maximum Gasteiger partial charge on any atom is 0.272 e. The predicted molar refractivity (Wildman–Crippen MR) is 114 cm³/mol. The Kier molecular flexibility index (Phi) is 5.10. The van der Waals surface area contributed by atoms with Gasteiger partial charge in [-0.05, 0) is 60.1 Å². The van der Waals surface area contributed by atoms with Crippen molar-refractivity contribution in [3.63, 3.8) is 0 Å². The number of aromatic hydroxyl groups is 1. The molecule has 4 rings (SSSR count). The zero-order chi connectivity index (χ0) is 19.0. The first-order chi connectivity index (χ1) is 13.1. The van der Waals surface area contributed by atoms with E-state index in [9.17, 15) is 9.90 Å². The highest BCUT2D eigenvalue weighted by atomic mass is 127. The van der Waals surface area contributed by atoms with Crippen LogP contribution < -0.4 is 5.43 Å². The second-order valence-corrected chi connectivity index (χ2v) is 7.95. The first-order valence-corrected chi connectivity index (χ1v) is 10.1. The second kappa shape index (κ2) is 7.52. The molecule has 0 saturated heterocycles. The van der Waals surface area contributed by atoms with E-state index in [1.54, 1.807) is 24.3 Å². The molecule has 0 aliphatic heterocycles. The Morgan fingerprint density at radius 1 is 1.30 bits per heavy atom. The van der Waals surface area contributed by atoms with E-state index in [2.05, 4.69) is 33.1 Å². The highest BCUT2D eigenvalue weighted by Crippen LogP contribution is 2.39. The Morgan fingerprint density at radius 3 is 2.89 bits per heavy atom. The van der Waals surface area contributed by atoms with Crippen LogP contribution in [0.2, 0.25) is 5.02 Å². The normalized spacial score (nSPS) is 13.9. The molecule has 1 aliphatic carbocycles. The zero-order valence-corrected chi connectivity index (χ0v) is 17.2. The Labute approximate surface area is 174 Å². The van der Waals surface area contributed by atoms with Crippen molar-refractivity contribution < 1.29 is 14.3 Å². The Morgan fingerprint density at radius 2 is 2.07 bits per heavy atom. The van der Waals surface area contributed by atoms with Crippen LogP contribution in [-0.2, 0) is 12.8 Å². The fraction of sp³-hybridized carbons (Fsp3) is 0.200. The number of nitrogens with one attached hydrogen (secondary N) is 1. The van der Waals surface area contributed by atoms with Gasteiger partial charge in [0.05, 0.1) is 20.4 Å². The van der Waals surface area contributed by atoms with E-state index in [1.807, 2.05) is 6.07 Å². The van der Waals surface area contributed by atoms with Gasteiger partial charge in [-0.2, -0.15) is 5.10 Å². The lowest BCUT2D eigenvalue weighted by Gasteiger charge is -2.10. The van der Waals surface area contributed by atoms with Gasteiger partial charge in [0, 0.05) is 22.9 Å². The van der Waals surface area contributed by atoms with Crippen molar-refractivity contribution in [3.05, 3.63) is 61.4 Å². The number of furan rings is 1. The van der Waals surface area contributed by atoms with Crippen molar-refractivity contribution in [1.82, 2.24) is 5.43 Å². The van der Waals surface area contributed by atoms with Crippen molar-refractivity contribution in [3.8, 4) is 5.75 Å². The highest BCUT2D eigenvalue weighted by molar-refractivity contribution is 14.1. The largest absolute Gasteiger partial charge is 0.506 e. The molecule has 5 nitrogen and oxygen atoms in total. The van der Waals surface area contributed by atoms with Crippen LogP contribution in [0.1, 0.15) is 40.1 Å². The van der Waals surface area contributed by atoms with E-state index < -0.39 is 5.91 Å². The van der Waals surface area contributed by atoms with Crippen LogP contribution in [0.5, 0.6) is 5.75 Å². The monoisotopic (exact) mass is 494 g/mol. The van der Waals surface area contributed by atoms with Gasteiger partial charge >= 0.3 is 0 Å². The van der Waals surface area contributed by atoms with Crippen LogP contribution in [0.4, 0.5) is 0 Å². The molecule has 0 atom stereocenters. The number of hydrogen-bond donors (Lipinski definition) is 2. The molecule has 0 radical (unpaired) electrons. The van der Waals surface area contributed by atoms with Crippen molar-refractivity contribution >= 4 is 57.3 Å². The van der Waals surface area contributed by atoms with Crippen molar-refractivity contribution in [2.24, 2.45) is 5.10 Å². The van der Waals surface area contributed by atoms with Crippen LogP contribution in [0, 0.1) is 3.57 Å². The molecule has 0 saturated carbocycles. The molecule has 1 amide bonds. The molecular weight excluding hydrogens is 479 g/mol. The molecular formula is C20H16ClIN2O3. The van der Waals surface area contributed by atoms with Crippen LogP contribution in [0.3, 0.4) is 0 Å². The minimum absolute atomic E-state index is 0.132. The van der Waals surface area contributed by atoms with Crippen molar-refractivity contribution in [2.75, 3.05) is 0 Å². The Bertz CT molecular complexity index is 1070. The van der Waals surface area contributed by atoms with E-state index in [0.717, 1.165) is 48.0 Å². The summed E-state index contributed by atoms with van der Waals surface area (Å²) in [5.74, 6) is 0.702. The van der Waals surface area contributed by atoms with Gasteiger partial charge in [-0.1, -0.05) is 23.7 Å². The lowest BCUT2D eigenvalue weighted by molar-refractivity contribution is 0.0955. The number of rotatable bonds is 3. The van der Waals surface area contributed by atoms with E-state index in [1.165, 1.54) is 6.21 Å². The maximum atomic E-state index is 12.3. The number of carbonyl (C=O) groups is 1. The number of hydrazone groups is 1. The number of hydrogen-bond acceptors (Lipinski definition) is 4. The average molecular weight is 495 g/mol. The summed E-state index contributed by atoms with van der Waals surface area (Å²) in [6.07, 6.45) is 5.48. The molecule has 1 heterocycles. The molecule has 2 aromatic carbocycles. The molecule has 7 heteroatoms. The van der Waals surface area contributed by atoms with E-state index in [4.69, 9.17) is 16.0 Å². The summed E-state index contributed by atoms with van der Waals surface area (Å²) in [6.45, 7) is 0. The van der Waals surface area contributed by atoms with E-state index in [-0.39, 0.29) is 5.75 Å². The molecule has 138 valence electrons. The minimum atomic E-state index is -0.410. The fourth-order valence-electron chi connectivity index (χ4n) is 3.40. The fourth-order valence-corrected chi connectivity index (χ4v) is 4.20. The number of aryl methyl sites for hydroxylation is 2. The Balaban J connectivity index is 1.70. The third kappa shape index (κ3) is 3.43. The topological polar surface area (TPSA) is 74.8 Å². The number of carbonyl (C=O) groups excluding carboxylic acids is 1. The summed E-state index contributed by atoms with van der Waals surface area (Å²) < 4.78 is 6.67. The summed E-state index contributed by atoms with van der Waals surface area (Å²) in [4.78, 5) is 12.3. The smallest absolute Gasteiger partial charge is 0.272 e. The summed E-state index contributed by atoms with van der Waals surface area (Å²) in [5, 5.41) is 15.8. The molecule has 0 bridgehead atoms. The minimum Gasteiger partial charge on any atom is -0.506 e. The van der Waals surface area contributed by atoms with Crippen LogP contribution in [0.15, 0.2) is 39.9 Å². The van der Waals surface area contributed by atoms with Crippen molar-refractivity contribution in [2.45, 2.75) is 25.7 Å². The molecule has 1 aliphatic rings. The number of benzene rings is 2. The molecule has 0 unspecified atom stereocenters. The third-order valence-corrected chi connectivity index (χ3v) is 5.84. The predicted octanol–water partition coefficient (Wildman–Crippen LogP) is 5.04. The van der Waals surface area contributed by atoms with Crippen LogP contribution in [-0.4, -0.2) is 17.2 Å². The number of phenolic OH excluding ortho intramolecular Hbond substituents is 1. The number of halogens is 2. The van der Waals surface area contributed by atoms with Gasteiger partial charge in [0.25, 0.3) is 5.91 Å². The summed E-state index contributed by atoms with van der Waals surface area (Å²) in [7, 11) is 0. The van der Waals surface area contributed by atoms with Crippen LogP contribution >= 0.6 is 34.2 Å². The summed E-state index contributed by atoms with van der Waals surface area (Å²) >= 11 is 8.10. The van der Waals surface area contributed by atoms with E-state index >= 15 is 0 Å². The van der Waals surface area contributed by atoms with Gasteiger partial charge in [-0.3, -0.25) is 4.79 Å². The molecule has 3 aromatic rings. The standard InChI is InChI=1S/C20H16ClIN2O3/c21-14-7-3-1-5-11(14)20(26)24-23-10-13-18-12-6-2-4-8-16(12)27-17(18)9-15(22)19(13)25/h1,3,5,7,9-10,25H,2,4,6,8H2,(H,24,26). The lowest BCUT2D eigenvalue weighted by atomic mass is 9.94. The van der Waals surface area contributed by atoms with Gasteiger partial charge in [0.1, 0.15) is 17.1 Å². The maximum absolute atomic E-state index is 12.3. The number of fused-ring (bicyclic) bond motifs is 3. The third-order valence-electron chi connectivity index (χ3n) is 4.69. The summed E-state index contributed by atoms with van der Waals surface area (Å²) in [6, 6.07) is 8.60. The van der Waals surface area contributed by atoms with Gasteiger partial charge in [-0.25, -0.2) is 5.43 Å². The second-order valence-electron chi connectivity index (χ2n) is 6.38. The molecule has 2 N–H and O–H groups in total. The number of nitrogens with zero attached hydrogens (tertiary/aromatic N) is 1. The first kappa shape index (κ1) is 18.3. The first-order valence-electron chi connectivity index (χ1n) is 8.60. The zero-order valence-electron chi connectivity index (χ0n) is 14.3. The Hall–Kier alpha value is -2.06. The molecule has 1 aromatic heterocycles. The molecule has 27 heavy (non-hydrogen) atoms. The quantitative estimate of drug-likeness (QED) is 0.304. The lowest BCUT2D eigenvalue weighted by Crippen LogP contribution is -2.18. The molecule has 0 fully saturated rings. The van der Waals surface area contributed by atoms with Crippen LogP contribution in [0.25, 0.3) is 11.0 Å². The highest BCUT2D eigenvalue weighted by Gasteiger charge is 2.22. The van der Waals surface area contributed by atoms with Crippen molar-refractivity contribution in [1.29, 1.82) is 0 Å². The van der Waals surface area contributed by atoms with Gasteiger partial charge in [0.15, 0.2) is 0 Å². The summed E-state index contributed by atoms with van der Waals surface area (Å²) in [5.41, 5.74) is 5.24. The van der Waals surface area contributed by atoms with Gasteiger partial charge < -0.3 is 9.52 Å². The van der Waals surface area contributed by atoms with Gasteiger partial charge in [-0.15, -0.1) is 0 Å². The molecule has 0 spiro atoms. The number of amides is 1. The number of phenols is 1. The SMILES string of the molecule is O=C(NN=Cc1c(O)c(I)cc2oc3c(c12)CCCC3)c1ccccc1Cl.